The molecule has 1 N–H and O–H groups in total. The molecule has 2 heterocycles. The van der Waals surface area contributed by atoms with Crippen LogP contribution in [0.1, 0.15) is 50.9 Å². The van der Waals surface area contributed by atoms with Crippen LogP contribution in [0.3, 0.4) is 0 Å². The number of hydrogen-bond acceptors (Lipinski definition) is 6. The van der Waals surface area contributed by atoms with E-state index >= 15 is 0 Å². The van der Waals surface area contributed by atoms with Gasteiger partial charge in [-0.05, 0) is 40.5 Å². The molecule has 158 valence electrons. The van der Waals surface area contributed by atoms with Crippen LogP contribution in [-0.2, 0) is 9.47 Å². The van der Waals surface area contributed by atoms with Crippen molar-refractivity contribution >= 4 is 35.1 Å². The SMILES string of the molecule is CCOC1CCC1NC(=O)c1cnn2c(N(C)C(=O)OC(C)(C)C)cc(Cl)nc12. The van der Waals surface area contributed by atoms with E-state index in [0.717, 1.165) is 12.8 Å². The summed E-state index contributed by atoms with van der Waals surface area (Å²) in [5, 5.41) is 7.34. The minimum atomic E-state index is -0.656. The van der Waals surface area contributed by atoms with Crippen LogP contribution in [0.2, 0.25) is 5.15 Å². The van der Waals surface area contributed by atoms with Crippen molar-refractivity contribution in [1.29, 1.82) is 0 Å². The van der Waals surface area contributed by atoms with Crippen molar-refractivity contribution in [2.75, 3.05) is 18.6 Å². The normalized spacial score (nSPS) is 19.0. The summed E-state index contributed by atoms with van der Waals surface area (Å²) in [6, 6.07) is 1.45. The fraction of sp³-hybridized carbons (Fsp3) is 0.579. The Kier molecular flexibility index (Phi) is 6.00. The highest BCUT2D eigenvalue weighted by molar-refractivity contribution is 6.30. The molecule has 2 amide bonds. The minimum absolute atomic E-state index is 0.0243. The highest BCUT2D eigenvalue weighted by atomic mass is 35.5. The van der Waals surface area contributed by atoms with Crippen LogP contribution < -0.4 is 10.2 Å². The lowest BCUT2D eigenvalue weighted by Gasteiger charge is -2.36. The van der Waals surface area contributed by atoms with Gasteiger partial charge in [-0.15, -0.1) is 0 Å². The molecule has 10 heteroatoms. The molecule has 0 spiro atoms. The molecule has 1 fully saturated rings. The molecule has 1 aliphatic carbocycles. The molecule has 0 radical (unpaired) electrons. The highest BCUT2D eigenvalue weighted by Crippen LogP contribution is 2.26. The summed E-state index contributed by atoms with van der Waals surface area (Å²) in [4.78, 5) is 30.7. The van der Waals surface area contributed by atoms with Gasteiger partial charge in [0.05, 0.1) is 18.3 Å². The second-order valence-corrected chi connectivity index (χ2v) is 8.31. The summed E-state index contributed by atoms with van der Waals surface area (Å²) in [6.45, 7) is 7.86. The Labute approximate surface area is 174 Å². The van der Waals surface area contributed by atoms with Crippen molar-refractivity contribution in [3.8, 4) is 0 Å². The molecule has 3 rings (SSSR count). The van der Waals surface area contributed by atoms with Gasteiger partial charge in [0.2, 0.25) is 0 Å². The number of amides is 2. The quantitative estimate of drug-likeness (QED) is 0.742. The molecule has 2 unspecified atom stereocenters. The second-order valence-electron chi connectivity index (χ2n) is 7.92. The average molecular weight is 424 g/mol. The molecular weight excluding hydrogens is 398 g/mol. The Hall–Kier alpha value is -2.39. The molecule has 1 aliphatic rings. The number of fused-ring (bicyclic) bond motifs is 1. The van der Waals surface area contributed by atoms with E-state index in [9.17, 15) is 9.59 Å². The largest absolute Gasteiger partial charge is 0.443 e. The van der Waals surface area contributed by atoms with Gasteiger partial charge in [0.1, 0.15) is 22.1 Å². The van der Waals surface area contributed by atoms with Crippen molar-refractivity contribution in [3.63, 3.8) is 0 Å². The third-order valence-corrected chi connectivity index (χ3v) is 4.78. The van der Waals surface area contributed by atoms with Crippen LogP contribution in [0.15, 0.2) is 12.3 Å². The van der Waals surface area contributed by atoms with Crippen LogP contribution in [0.5, 0.6) is 0 Å². The van der Waals surface area contributed by atoms with Crippen LogP contribution in [-0.4, -0.2) is 58.0 Å². The number of aromatic nitrogens is 3. The zero-order valence-electron chi connectivity index (χ0n) is 17.2. The molecule has 2 aromatic heterocycles. The van der Waals surface area contributed by atoms with Gasteiger partial charge in [-0.25, -0.2) is 9.78 Å². The number of halogens is 1. The predicted octanol–water partition coefficient (Wildman–Crippen LogP) is 3.05. The Balaban J connectivity index is 1.87. The van der Waals surface area contributed by atoms with E-state index in [1.54, 1.807) is 27.8 Å². The van der Waals surface area contributed by atoms with Gasteiger partial charge in [-0.3, -0.25) is 9.69 Å². The number of nitrogens with one attached hydrogen (secondary N) is 1. The first-order chi connectivity index (χ1) is 13.6. The van der Waals surface area contributed by atoms with E-state index in [4.69, 9.17) is 21.1 Å². The Morgan fingerprint density at radius 2 is 2.10 bits per heavy atom. The fourth-order valence-electron chi connectivity index (χ4n) is 3.04. The maximum absolute atomic E-state index is 12.8. The zero-order valence-corrected chi connectivity index (χ0v) is 18.0. The van der Waals surface area contributed by atoms with Crippen LogP contribution in [0.4, 0.5) is 10.6 Å². The molecule has 9 nitrogen and oxygen atoms in total. The smallest absolute Gasteiger partial charge is 0.415 e. The molecule has 2 atom stereocenters. The molecule has 0 saturated heterocycles. The first kappa shape index (κ1) is 21.3. The van der Waals surface area contributed by atoms with Gasteiger partial charge < -0.3 is 14.8 Å². The van der Waals surface area contributed by atoms with Crippen molar-refractivity contribution < 1.29 is 19.1 Å². The third-order valence-electron chi connectivity index (χ3n) is 4.59. The van der Waals surface area contributed by atoms with Gasteiger partial charge >= 0.3 is 6.09 Å². The van der Waals surface area contributed by atoms with Gasteiger partial charge in [0.15, 0.2) is 5.65 Å². The lowest BCUT2D eigenvalue weighted by molar-refractivity contribution is -0.0180. The molecule has 1 saturated carbocycles. The van der Waals surface area contributed by atoms with Gasteiger partial charge in [0.25, 0.3) is 5.91 Å². The monoisotopic (exact) mass is 423 g/mol. The van der Waals surface area contributed by atoms with Crippen LogP contribution in [0.25, 0.3) is 5.65 Å². The Morgan fingerprint density at radius 3 is 2.69 bits per heavy atom. The van der Waals surface area contributed by atoms with Crippen LogP contribution >= 0.6 is 11.6 Å². The van der Waals surface area contributed by atoms with E-state index in [2.05, 4.69) is 15.4 Å². The molecule has 2 aromatic rings. The topological polar surface area (TPSA) is 98.1 Å². The number of carbonyl (C=O) groups is 2. The van der Waals surface area contributed by atoms with E-state index in [1.807, 2.05) is 6.92 Å². The van der Waals surface area contributed by atoms with Gasteiger partial charge in [-0.2, -0.15) is 9.61 Å². The van der Waals surface area contributed by atoms with Crippen molar-refractivity contribution in [2.24, 2.45) is 0 Å². The van der Waals surface area contributed by atoms with Crippen molar-refractivity contribution in [3.05, 3.63) is 23.0 Å². The summed E-state index contributed by atoms with van der Waals surface area (Å²) < 4.78 is 12.4. The summed E-state index contributed by atoms with van der Waals surface area (Å²) in [5.74, 6) is 0.0270. The molecule has 0 bridgehead atoms. The van der Waals surface area contributed by atoms with E-state index in [-0.39, 0.29) is 34.4 Å². The lowest BCUT2D eigenvalue weighted by Crippen LogP contribution is -2.51. The summed E-state index contributed by atoms with van der Waals surface area (Å²) in [6.07, 6.45) is 2.64. The highest BCUT2D eigenvalue weighted by Gasteiger charge is 2.33. The van der Waals surface area contributed by atoms with Crippen molar-refractivity contribution in [2.45, 2.75) is 58.3 Å². The van der Waals surface area contributed by atoms with Crippen LogP contribution in [0, 0.1) is 0 Å². The summed E-state index contributed by atoms with van der Waals surface area (Å²) in [7, 11) is 1.54. The minimum Gasteiger partial charge on any atom is -0.443 e. The predicted molar refractivity (Wildman–Crippen MR) is 109 cm³/mol. The van der Waals surface area contributed by atoms with E-state index in [1.165, 1.54) is 21.7 Å². The summed E-state index contributed by atoms with van der Waals surface area (Å²) in [5.41, 5.74) is -0.128. The van der Waals surface area contributed by atoms with Crippen molar-refractivity contribution in [1.82, 2.24) is 19.9 Å². The number of anilines is 1. The summed E-state index contributed by atoms with van der Waals surface area (Å²) >= 11 is 6.17. The fourth-order valence-corrected chi connectivity index (χ4v) is 3.21. The molecule has 0 aromatic carbocycles. The molecular formula is C19H26ClN5O4. The molecule has 29 heavy (non-hydrogen) atoms. The first-order valence-corrected chi connectivity index (χ1v) is 9.92. The van der Waals surface area contributed by atoms with E-state index in [0.29, 0.717) is 12.4 Å². The van der Waals surface area contributed by atoms with Gasteiger partial charge in [0, 0.05) is 19.7 Å². The first-order valence-electron chi connectivity index (χ1n) is 9.54. The number of hydrogen-bond donors (Lipinski definition) is 1. The maximum Gasteiger partial charge on any atom is 0.415 e. The third kappa shape index (κ3) is 4.62. The Morgan fingerprint density at radius 1 is 1.38 bits per heavy atom. The average Bonchev–Trinajstić information content (AvgIpc) is 3.04. The van der Waals surface area contributed by atoms with Gasteiger partial charge in [-0.1, -0.05) is 11.6 Å². The number of ether oxygens (including phenoxy) is 2. The second kappa shape index (κ2) is 8.16. The maximum atomic E-state index is 12.8. The Bertz CT molecular complexity index is 923. The standard InChI is InChI=1S/C19H26ClN5O4/c1-6-28-13-8-7-12(13)22-17(26)11-10-21-25-15(9-14(20)23-16(11)25)24(5)18(27)29-19(2,3)4/h9-10,12-13H,6-8H2,1-5H3,(H,22,26). The molecule has 0 aliphatic heterocycles. The lowest BCUT2D eigenvalue weighted by atomic mass is 9.89. The van der Waals surface area contributed by atoms with E-state index < -0.39 is 11.7 Å². The number of rotatable bonds is 5. The number of nitrogens with zero attached hydrogens (tertiary/aromatic N) is 4. The zero-order chi connectivity index (χ0) is 21.3. The number of carbonyl (C=O) groups excluding carboxylic acids is 2.